The summed E-state index contributed by atoms with van der Waals surface area (Å²) in [5.41, 5.74) is 1.34. The summed E-state index contributed by atoms with van der Waals surface area (Å²) >= 11 is 5.96. The molecule has 2 aliphatic rings. The molecule has 1 aromatic heterocycles. The molecule has 1 aromatic carbocycles. The maximum absolute atomic E-state index is 12.5. The number of aromatic nitrogens is 2. The second-order valence-corrected chi connectivity index (χ2v) is 5.29. The van der Waals surface area contributed by atoms with Gasteiger partial charge < -0.3 is 4.90 Å². The van der Waals surface area contributed by atoms with Crippen LogP contribution < -0.4 is 5.32 Å². The van der Waals surface area contributed by atoms with Gasteiger partial charge in [0.15, 0.2) is 11.4 Å². The van der Waals surface area contributed by atoms with Crippen molar-refractivity contribution in [3.8, 4) is 0 Å². The molecule has 1 atom stereocenters. The Balaban J connectivity index is 1.99. The van der Waals surface area contributed by atoms with Gasteiger partial charge in [-0.25, -0.2) is 4.98 Å². The van der Waals surface area contributed by atoms with E-state index in [4.69, 9.17) is 11.6 Å². The highest BCUT2D eigenvalue weighted by molar-refractivity contribution is 6.30. The van der Waals surface area contributed by atoms with Gasteiger partial charge in [0, 0.05) is 30.5 Å². The highest BCUT2D eigenvalue weighted by Crippen LogP contribution is 2.42. The minimum absolute atomic E-state index is 0.0759. The lowest BCUT2D eigenvalue weighted by atomic mass is 9.97. The number of carbonyl (C=O) groups excluding carboxylic acids is 1. The SMILES string of the molecule is O=C1c2nccnc2C2(c3ccc(Cl)cc3)NCCN12. The Bertz CT molecular complexity index is 703. The van der Waals surface area contributed by atoms with E-state index in [0.29, 0.717) is 23.0 Å². The summed E-state index contributed by atoms with van der Waals surface area (Å²) < 4.78 is 0. The summed E-state index contributed by atoms with van der Waals surface area (Å²) in [5, 5.41) is 4.08. The minimum Gasteiger partial charge on any atom is -0.308 e. The largest absolute Gasteiger partial charge is 0.308 e. The first-order valence-electron chi connectivity index (χ1n) is 6.38. The highest BCUT2D eigenvalue weighted by atomic mass is 35.5. The molecule has 0 bridgehead atoms. The van der Waals surface area contributed by atoms with Gasteiger partial charge in [-0.15, -0.1) is 0 Å². The first-order valence-corrected chi connectivity index (χ1v) is 6.76. The van der Waals surface area contributed by atoms with Crippen LogP contribution in [0.2, 0.25) is 5.02 Å². The molecular weight excluding hydrogens is 276 g/mol. The Kier molecular flexibility index (Phi) is 2.37. The van der Waals surface area contributed by atoms with E-state index >= 15 is 0 Å². The zero-order chi connectivity index (χ0) is 13.7. The van der Waals surface area contributed by atoms with E-state index in [1.165, 1.54) is 0 Å². The van der Waals surface area contributed by atoms with Crippen molar-refractivity contribution in [2.24, 2.45) is 0 Å². The van der Waals surface area contributed by atoms with Crippen LogP contribution in [0.25, 0.3) is 0 Å². The Morgan fingerprint density at radius 3 is 2.75 bits per heavy atom. The third-order valence-electron chi connectivity index (χ3n) is 3.87. The molecule has 0 saturated carbocycles. The van der Waals surface area contributed by atoms with Gasteiger partial charge in [-0.1, -0.05) is 23.7 Å². The van der Waals surface area contributed by atoms with Crippen molar-refractivity contribution in [3.05, 3.63) is 58.6 Å². The maximum atomic E-state index is 12.5. The second kappa shape index (κ2) is 4.01. The molecule has 1 unspecified atom stereocenters. The fourth-order valence-corrected chi connectivity index (χ4v) is 3.18. The molecule has 4 rings (SSSR count). The van der Waals surface area contributed by atoms with E-state index in [9.17, 15) is 4.79 Å². The van der Waals surface area contributed by atoms with Gasteiger partial charge in [0.2, 0.25) is 0 Å². The van der Waals surface area contributed by atoms with Crippen molar-refractivity contribution in [1.82, 2.24) is 20.2 Å². The third kappa shape index (κ3) is 1.34. The maximum Gasteiger partial charge on any atom is 0.276 e. The molecule has 0 spiro atoms. The number of hydrogen-bond donors (Lipinski definition) is 1. The predicted octanol–water partition coefficient (Wildman–Crippen LogP) is 1.39. The number of amides is 1. The number of hydrogen-bond acceptors (Lipinski definition) is 4. The summed E-state index contributed by atoms with van der Waals surface area (Å²) in [5.74, 6) is -0.0759. The smallest absolute Gasteiger partial charge is 0.276 e. The fraction of sp³-hybridized carbons (Fsp3) is 0.214. The normalized spacial score (nSPS) is 23.9. The van der Waals surface area contributed by atoms with Crippen LogP contribution in [0, 0.1) is 0 Å². The predicted molar refractivity (Wildman–Crippen MR) is 73.3 cm³/mol. The molecule has 1 N–H and O–H groups in total. The van der Waals surface area contributed by atoms with Gasteiger partial charge in [0.05, 0.1) is 0 Å². The summed E-state index contributed by atoms with van der Waals surface area (Å²) in [7, 11) is 0. The van der Waals surface area contributed by atoms with Crippen molar-refractivity contribution in [3.63, 3.8) is 0 Å². The monoisotopic (exact) mass is 286 g/mol. The van der Waals surface area contributed by atoms with Gasteiger partial charge in [-0.3, -0.25) is 15.1 Å². The lowest BCUT2D eigenvalue weighted by molar-refractivity contribution is 0.0688. The van der Waals surface area contributed by atoms with Crippen LogP contribution in [0.15, 0.2) is 36.7 Å². The van der Waals surface area contributed by atoms with Gasteiger partial charge in [-0.2, -0.15) is 0 Å². The van der Waals surface area contributed by atoms with E-state index in [1.807, 2.05) is 24.3 Å². The molecule has 5 nitrogen and oxygen atoms in total. The lowest BCUT2D eigenvalue weighted by Gasteiger charge is -2.32. The van der Waals surface area contributed by atoms with Crippen LogP contribution in [0.5, 0.6) is 0 Å². The van der Waals surface area contributed by atoms with Gasteiger partial charge >= 0.3 is 0 Å². The zero-order valence-electron chi connectivity index (χ0n) is 10.5. The molecule has 2 aromatic rings. The Morgan fingerprint density at radius 2 is 1.95 bits per heavy atom. The Morgan fingerprint density at radius 1 is 1.20 bits per heavy atom. The number of nitrogens with one attached hydrogen (secondary N) is 1. The van der Waals surface area contributed by atoms with Crippen LogP contribution >= 0.6 is 11.6 Å². The van der Waals surface area contributed by atoms with Crippen LogP contribution in [0.3, 0.4) is 0 Å². The van der Waals surface area contributed by atoms with E-state index in [2.05, 4.69) is 15.3 Å². The van der Waals surface area contributed by atoms with Gasteiger partial charge in [0.1, 0.15) is 5.69 Å². The summed E-state index contributed by atoms with van der Waals surface area (Å²) in [6.07, 6.45) is 3.17. The molecule has 1 amide bonds. The number of fused-ring (bicyclic) bond motifs is 3. The topological polar surface area (TPSA) is 58.1 Å². The van der Waals surface area contributed by atoms with Crippen LogP contribution in [0.1, 0.15) is 21.7 Å². The molecule has 6 heteroatoms. The number of halogens is 1. The number of carbonyl (C=O) groups is 1. The summed E-state index contributed by atoms with van der Waals surface area (Å²) in [4.78, 5) is 22.9. The number of rotatable bonds is 1. The van der Waals surface area contributed by atoms with E-state index in [1.54, 1.807) is 17.3 Å². The minimum atomic E-state index is -0.703. The van der Waals surface area contributed by atoms with Gasteiger partial charge in [0.25, 0.3) is 5.91 Å². The van der Waals surface area contributed by atoms with Crippen molar-refractivity contribution in [2.45, 2.75) is 5.66 Å². The van der Waals surface area contributed by atoms with Crippen molar-refractivity contribution >= 4 is 17.5 Å². The first-order chi connectivity index (χ1) is 9.73. The molecule has 0 radical (unpaired) electrons. The van der Waals surface area contributed by atoms with Crippen molar-refractivity contribution in [1.29, 1.82) is 0 Å². The molecule has 20 heavy (non-hydrogen) atoms. The Labute approximate surface area is 120 Å². The van der Waals surface area contributed by atoms with E-state index < -0.39 is 5.66 Å². The lowest BCUT2D eigenvalue weighted by Crippen LogP contribution is -2.47. The average molecular weight is 287 g/mol. The quantitative estimate of drug-likeness (QED) is 0.861. The molecular formula is C14H11ClN4O. The fourth-order valence-electron chi connectivity index (χ4n) is 3.05. The van der Waals surface area contributed by atoms with E-state index in [-0.39, 0.29) is 5.91 Å². The van der Waals surface area contributed by atoms with Crippen LogP contribution in [0.4, 0.5) is 0 Å². The molecule has 1 saturated heterocycles. The van der Waals surface area contributed by atoms with Gasteiger partial charge in [-0.05, 0) is 17.7 Å². The highest BCUT2D eigenvalue weighted by Gasteiger charge is 2.55. The zero-order valence-corrected chi connectivity index (χ0v) is 11.3. The Hall–Kier alpha value is -1.98. The van der Waals surface area contributed by atoms with E-state index in [0.717, 1.165) is 12.1 Å². The van der Waals surface area contributed by atoms with Crippen molar-refractivity contribution < 1.29 is 4.79 Å². The molecule has 2 aliphatic heterocycles. The second-order valence-electron chi connectivity index (χ2n) is 4.85. The average Bonchev–Trinajstić information content (AvgIpc) is 3.01. The molecule has 1 fully saturated rings. The first kappa shape index (κ1) is 11.8. The number of nitrogens with zero attached hydrogens (tertiary/aromatic N) is 3. The third-order valence-corrected chi connectivity index (χ3v) is 4.12. The molecule has 3 heterocycles. The van der Waals surface area contributed by atoms with Crippen LogP contribution in [-0.4, -0.2) is 33.9 Å². The molecule has 100 valence electrons. The molecule has 0 aliphatic carbocycles. The standard InChI is InChI=1S/C14H11ClN4O/c15-10-3-1-9(2-4-10)14-12-11(16-5-6-17-12)13(20)19(14)8-7-18-14/h1-6,18H,7-8H2. The number of benzene rings is 1. The van der Waals surface area contributed by atoms with Crippen LogP contribution in [-0.2, 0) is 5.66 Å². The summed E-state index contributed by atoms with van der Waals surface area (Å²) in [6, 6.07) is 7.49. The summed E-state index contributed by atoms with van der Waals surface area (Å²) in [6.45, 7) is 1.36. The van der Waals surface area contributed by atoms with Crippen molar-refractivity contribution in [2.75, 3.05) is 13.1 Å².